The Morgan fingerprint density at radius 1 is 0.731 bits per heavy atom. The molecule has 0 amide bonds. The number of phenolic OH excluding ortho intramolecular Hbond substituents is 2. The van der Waals surface area contributed by atoms with Crippen LogP contribution in [0.15, 0.2) is 82.6 Å². The minimum Gasteiger partial charge on any atom is -0.508 e. The van der Waals surface area contributed by atoms with Gasteiger partial charge in [0.05, 0.1) is 0 Å². The number of aromatic hydroxyl groups is 2. The van der Waals surface area contributed by atoms with E-state index in [2.05, 4.69) is 31.2 Å². The summed E-state index contributed by atoms with van der Waals surface area (Å²) in [7, 11) is 0. The third-order valence-electron chi connectivity index (χ3n) is 4.09. The zero-order valence-corrected chi connectivity index (χ0v) is 16.3. The van der Waals surface area contributed by atoms with Crippen LogP contribution >= 0.6 is 23.5 Å². The first-order valence-electron chi connectivity index (χ1n) is 8.56. The Hall–Kier alpha value is -2.04. The molecule has 0 aliphatic carbocycles. The van der Waals surface area contributed by atoms with Gasteiger partial charge in [0.25, 0.3) is 0 Å². The van der Waals surface area contributed by atoms with Gasteiger partial charge in [0, 0.05) is 20.8 Å². The molecule has 0 bridgehead atoms. The quantitative estimate of drug-likeness (QED) is 0.471. The van der Waals surface area contributed by atoms with Gasteiger partial charge in [-0.25, -0.2) is 0 Å². The van der Waals surface area contributed by atoms with Crippen LogP contribution < -0.4 is 0 Å². The van der Waals surface area contributed by atoms with Crippen molar-refractivity contribution in [1.29, 1.82) is 0 Å². The van der Waals surface area contributed by atoms with Crippen molar-refractivity contribution < 1.29 is 10.2 Å². The summed E-state index contributed by atoms with van der Waals surface area (Å²) in [5.41, 5.74) is 2.64. The van der Waals surface area contributed by atoms with Gasteiger partial charge >= 0.3 is 0 Å². The summed E-state index contributed by atoms with van der Waals surface area (Å²) in [5, 5.41) is 19.0. The second kappa shape index (κ2) is 9.06. The van der Waals surface area contributed by atoms with Gasteiger partial charge in [-0.15, -0.1) is 23.5 Å². The molecule has 4 heteroatoms. The van der Waals surface area contributed by atoms with Crippen LogP contribution in [0.25, 0.3) is 0 Å². The lowest BCUT2D eigenvalue weighted by Gasteiger charge is -2.12. The SMILES string of the molecule is CC(Sc1ccc(O)cc1)c1ccc(CCSc2ccc(O)cc2)cc1. The summed E-state index contributed by atoms with van der Waals surface area (Å²) in [6.45, 7) is 2.20. The van der Waals surface area contributed by atoms with Gasteiger partial charge in [0.15, 0.2) is 0 Å². The van der Waals surface area contributed by atoms with Gasteiger partial charge in [0.1, 0.15) is 11.5 Å². The van der Waals surface area contributed by atoms with E-state index in [1.165, 1.54) is 16.0 Å². The largest absolute Gasteiger partial charge is 0.508 e. The van der Waals surface area contributed by atoms with Crippen molar-refractivity contribution in [3.63, 3.8) is 0 Å². The highest BCUT2D eigenvalue weighted by atomic mass is 32.2. The molecule has 3 rings (SSSR count). The molecule has 3 aromatic carbocycles. The molecule has 2 N–H and O–H groups in total. The van der Waals surface area contributed by atoms with Crippen molar-refractivity contribution in [3.8, 4) is 11.5 Å². The maximum absolute atomic E-state index is 9.37. The van der Waals surface area contributed by atoms with Crippen molar-refractivity contribution in [2.45, 2.75) is 28.4 Å². The monoisotopic (exact) mass is 382 g/mol. The van der Waals surface area contributed by atoms with Crippen LogP contribution in [0.1, 0.15) is 23.3 Å². The predicted octanol–water partition coefficient (Wildman–Crippen LogP) is 6.29. The molecule has 1 unspecified atom stereocenters. The highest BCUT2D eigenvalue weighted by Gasteiger charge is 2.08. The number of phenols is 2. The topological polar surface area (TPSA) is 40.5 Å². The number of hydrogen-bond donors (Lipinski definition) is 2. The van der Waals surface area contributed by atoms with E-state index in [9.17, 15) is 10.2 Å². The second-order valence-corrected chi connectivity index (χ2v) is 8.67. The standard InChI is InChI=1S/C22H22O2S2/c1-16(26-22-12-8-20(24)9-13-22)18-4-2-17(3-5-18)14-15-25-21-10-6-19(23)7-11-21/h2-13,16,23-24H,14-15H2,1H3. The molecule has 26 heavy (non-hydrogen) atoms. The first-order valence-corrected chi connectivity index (χ1v) is 10.4. The van der Waals surface area contributed by atoms with Crippen molar-refractivity contribution in [2.24, 2.45) is 0 Å². The molecule has 0 radical (unpaired) electrons. The van der Waals surface area contributed by atoms with E-state index in [0.29, 0.717) is 16.7 Å². The smallest absolute Gasteiger partial charge is 0.115 e. The lowest BCUT2D eigenvalue weighted by molar-refractivity contribution is 0.474. The van der Waals surface area contributed by atoms with Gasteiger partial charge in [0.2, 0.25) is 0 Å². The number of rotatable bonds is 7. The third-order valence-corrected chi connectivity index (χ3v) is 6.28. The molecule has 0 saturated carbocycles. The van der Waals surface area contributed by atoms with E-state index >= 15 is 0 Å². The molecule has 0 aliphatic rings. The Balaban J connectivity index is 1.50. The molecule has 2 nitrogen and oxygen atoms in total. The molecule has 0 fully saturated rings. The van der Waals surface area contributed by atoms with Crippen molar-refractivity contribution >= 4 is 23.5 Å². The summed E-state index contributed by atoms with van der Waals surface area (Å²) in [6, 6.07) is 23.5. The highest BCUT2D eigenvalue weighted by Crippen LogP contribution is 2.35. The van der Waals surface area contributed by atoms with Crippen LogP contribution in [0.3, 0.4) is 0 Å². The predicted molar refractivity (Wildman–Crippen MR) is 111 cm³/mol. The lowest BCUT2D eigenvalue weighted by Crippen LogP contribution is -1.92. The van der Waals surface area contributed by atoms with E-state index < -0.39 is 0 Å². The first kappa shape index (κ1) is 18.7. The summed E-state index contributed by atoms with van der Waals surface area (Å²) >= 11 is 3.59. The average Bonchev–Trinajstić information content (AvgIpc) is 2.66. The second-order valence-electron chi connectivity index (χ2n) is 6.09. The van der Waals surface area contributed by atoms with E-state index in [0.717, 1.165) is 17.1 Å². The molecule has 0 aliphatic heterocycles. The van der Waals surface area contributed by atoms with E-state index in [4.69, 9.17) is 0 Å². The van der Waals surface area contributed by atoms with Crippen LogP contribution in [0.5, 0.6) is 11.5 Å². The fourth-order valence-electron chi connectivity index (χ4n) is 2.58. The van der Waals surface area contributed by atoms with Gasteiger partial charge in [-0.1, -0.05) is 24.3 Å². The Bertz CT molecular complexity index is 812. The van der Waals surface area contributed by atoms with E-state index in [1.807, 2.05) is 24.3 Å². The Labute approximate surface area is 163 Å². The van der Waals surface area contributed by atoms with Crippen LogP contribution in [0.4, 0.5) is 0 Å². The maximum Gasteiger partial charge on any atom is 0.115 e. The van der Waals surface area contributed by atoms with Crippen LogP contribution in [0.2, 0.25) is 0 Å². The molecular weight excluding hydrogens is 360 g/mol. The summed E-state index contributed by atoms with van der Waals surface area (Å²) < 4.78 is 0. The third kappa shape index (κ3) is 5.48. The molecule has 0 aromatic heterocycles. The summed E-state index contributed by atoms with van der Waals surface area (Å²) in [5.74, 6) is 1.63. The first-order chi connectivity index (χ1) is 12.6. The average molecular weight is 383 g/mol. The molecule has 134 valence electrons. The molecule has 0 heterocycles. The minimum absolute atomic E-state index is 0.302. The highest BCUT2D eigenvalue weighted by molar-refractivity contribution is 7.99. The molecule has 0 saturated heterocycles. The summed E-state index contributed by atoms with van der Waals surface area (Å²) in [6.07, 6.45) is 1.02. The molecule has 1 atom stereocenters. The fourth-order valence-corrected chi connectivity index (χ4v) is 4.48. The van der Waals surface area contributed by atoms with Gasteiger partial charge < -0.3 is 10.2 Å². The molecule has 0 spiro atoms. The summed E-state index contributed by atoms with van der Waals surface area (Å²) in [4.78, 5) is 2.34. The zero-order valence-electron chi connectivity index (χ0n) is 14.6. The normalized spacial score (nSPS) is 12.0. The Morgan fingerprint density at radius 3 is 1.85 bits per heavy atom. The van der Waals surface area contributed by atoms with Gasteiger partial charge in [-0.2, -0.15) is 0 Å². The Kier molecular flexibility index (Phi) is 6.53. The maximum atomic E-state index is 9.37. The van der Waals surface area contributed by atoms with Crippen LogP contribution in [0, 0.1) is 0 Å². The molecular formula is C22H22O2S2. The van der Waals surface area contributed by atoms with E-state index in [1.54, 1.807) is 47.8 Å². The van der Waals surface area contributed by atoms with Crippen molar-refractivity contribution in [1.82, 2.24) is 0 Å². The lowest BCUT2D eigenvalue weighted by atomic mass is 10.1. The number of aryl methyl sites for hydroxylation is 1. The number of hydrogen-bond acceptors (Lipinski definition) is 4. The van der Waals surface area contributed by atoms with Crippen molar-refractivity contribution in [2.75, 3.05) is 5.75 Å². The zero-order chi connectivity index (χ0) is 18.4. The van der Waals surface area contributed by atoms with Crippen LogP contribution in [-0.4, -0.2) is 16.0 Å². The van der Waals surface area contributed by atoms with Crippen LogP contribution in [-0.2, 0) is 6.42 Å². The van der Waals surface area contributed by atoms with Gasteiger partial charge in [-0.05, 0) is 73.0 Å². The van der Waals surface area contributed by atoms with Gasteiger partial charge in [-0.3, -0.25) is 0 Å². The minimum atomic E-state index is 0.302. The number of thioether (sulfide) groups is 2. The molecule has 3 aromatic rings. The number of benzene rings is 3. The fraction of sp³-hybridized carbons (Fsp3) is 0.182. The van der Waals surface area contributed by atoms with E-state index in [-0.39, 0.29) is 0 Å². The Morgan fingerprint density at radius 2 is 1.27 bits per heavy atom. The van der Waals surface area contributed by atoms with Crippen molar-refractivity contribution in [3.05, 3.63) is 83.9 Å².